The molecule has 1 heterocycles. The molecule has 0 atom stereocenters. The van der Waals surface area contributed by atoms with E-state index < -0.39 is 12.5 Å². The van der Waals surface area contributed by atoms with Crippen LogP contribution in [0.5, 0.6) is 0 Å². The Bertz CT molecular complexity index is 273. The number of amides is 1. The Hall–Kier alpha value is -1.20. The summed E-state index contributed by atoms with van der Waals surface area (Å²) in [6.07, 6.45) is -2.98. The second-order valence-electron chi connectivity index (χ2n) is 3.23. The maximum atomic E-state index is 11.7. The fraction of sp³-hybridized carbons (Fsp3) is 0.667. The second-order valence-corrected chi connectivity index (χ2v) is 3.23. The van der Waals surface area contributed by atoms with E-state index in [0.717, 1.165) is 16.9 Å². The third kappa shape index (κ3) is 3.81. The summed E-state index contributed by atoms with van der Waals surface area (Å²) in [7, 11) is 0. The number of carbonyl (C=O) groups excluding carboxylic acids is 1. The van der Waals surface area contributed by atoms with Gasteiger partial charge < -0.3 is 9.64 Å². The first kappa shape index (κ1) is 11.9. The molecule has 1 aliphatic heterocycles. The summed E-state index contributed by atoms with van der Waals surface area (Å²) in [6.45, 7) is 2.45. The van der Waals surface area contributed by atoms with Crippen LogP contribution in [0.1, 0.15) is 19.8 Å². The van der Waals surface area contributed by atoms with Crippen molar-refractivity contribution in [1.29, 1.82) is 0 Å². The van der Waals surface area contributed by atoms with E-state index in [9.17, 15) is 18.0 Å². The van der Waals surface area contributed by atoms with Crippen molar-refractivity contribution in [2.75, 3.05) is 13.1 Å². The van der Waals surface area contributed by atoms with Gasteiger partial charge in [-0.05, 0) is 12.8 Å². The summed E-state index contributed by atoms with van der Waals surface area (Å²) >= 11 is 0. The number of carbonyl (C=O) groups is 1. The standard InChI is InChI=1S/C9H12F3NO2/c1-2-7-3-5-13(6-4-7)8(14)15-9(10,11)12/h3H,2,4-6H2,1H3. The van der Waals surface area contributed by atoms with E-state index in [1.165, 1.54) is 0 Å². The Morgan fingerprint density at radius 2 is 2.27 bits per heavy atom. The van der Waals surface area contributed by atoms with Crippen molar-refractivity contribution < 1.29 is 22.7 Å². The van der Waals surface area contributed by atoms with Gasteiger partial charge in [0.25, 0.3) is 0 Å². The molecule has 1 aliphatic rings. The van der Waals surface area contributed by atoms with Gasteiger partial charge in [-0.15, -0.1) is 13.2 Å². The van der Waals surface area contributed by atoms with Crippen molar-refractivity contribution >= 4 is 6.09 Å². The molecule has 1 amide bonds. The highest BCUT2D eigenvalue weighted by Crippen LogP contribution is 2.20. The molecule has 0 aromatic heterocycles. The van der Waals surface area contributed by atoms with Crippen LogP contribution in [0.2, 0.25) is 0 Å². The van der Waals surface area contributed by atoms with Gasteiger partial charge in [-0.2, -0.15) is 0 Å². The quantitative estimate of drug-likeness (QED) is 0.639. The SMILES string of the molecule is CCC1=CCN(C(=O)OC(F)(F)F)CC1. The van der Waals surface area contributed by atoms with Crippen LogP contribution in [-0.4, -0.2) is 30.4 Å². The number of ether oxygens (including phenoxy) is 1. The van der Waals surface area contributed by atoms with Gasteiger partial charge >= 0.3 is 12.5 Å². The molecule has 0 saturated carbocycles. The van der Waals surface area contributed by atoms with Gasteiger partial charge in [-0.25, -0.2) is 4.79 Å². The molecule has 15 heavy (non-hydrogen) atoms. The summed E-state index contributed by atoms with van der Waals surface area (Å²) in [6, 6.07) is 0. The smallest absolute Gasteiger partial charge is 0.356 e. The Kier molecular flexibility index (Phi) is 3.60. The average molecular weight is 223 g/mol. The predicted octanol–water partition coefficient (Wildman–Crippen LogP) is 2.68. The minimum absolute atomic E-state index is 0.193. The van der Waals surface area contributed by atoms with Gasteiger partial charge in [-0.3, -0.25) is 0 Å². The largest absolute Gasteiger partial charge is 0.576 e. The first-order chi connectivity index (χ1) is 6.92. The molecular weight excluding hydrogens is 211 g/mol. The third-order valence-corrected chi connectivity index (χ3v) is 2.22. The van der Waals surface area contributed by atoms with Crippen LogP contribution in [0, 0.1) is 0 Å². The highest BCUT2D eigenvalue weighted by Gasteiger charge is 2.36. The molecule has 6 heteroatoms. The summed E-state index contributed by atoms with van der Waals surface area (Å²) in [5.74, 6) is 0. The fourth-order valence-corrected chi connectivity index (χ4v) is 1.36. The van der Waals surface area contributed by atoms with Crippen molar-refractivity contribution in [3.05, 3.63) is 11.6 Å². The van der Waals surface area contributed by atoms with Crippen LogP contribution in [0.3, 0.4) is 0 Å². The lowest BCUT2D eigenvalue weighted by atomic mass is 10.1. The number of hydrogen-bond acceptors (Lipinski definition) is 2. The Balaban J connectivity index is 2.47. The molecular formula is C9H12F3NO2. The summed E-state index contributed by atoms with van der Waals surface area (Å²) in [5, 5.41) is 0. The van der Waals surface area contributed by atoms with Gasteiger partial charge in [0.15, 0.2) is 0 Å². The summed E-state index contributed by atoms with van der Waals surface area (Å²) < 4.78 is 38.5. The highest BCUT2D eigenvalue weighted by atomic mass is 19.4. The van der Waals surface area contributed by atoms with Gasteiger partial charge in [0.2, 0.25) is 0 Å². The van der Waals surface area contributed by atoms with Gasteiger partial charge in [0.05, 0.1) is 0 Å². The van der Waals surface area contributed by atoms with Crippen molar-refractivity contribution in [3.8, 4) is 0 Å². The number of halogens is 3. The first-order valence-corrected chi connectivity index (χ1v) is 4.65. The Morgan fingerprint density at radius 3 is 2.67 bits per heavy atom. The van der Waals surface area contributed by atoms with Crippen molar-refractivity contribution in [2.24, 2.45) is 0 Å². The number of rotatable bonds is 1. The molecule has 86 valence electrons. The summed E-state index contributed by atoms with van der Waals surface area (Å²) in [5.41, 5.74) is 1.16. The second kappa shape index (κ2) is 4.55. The normalized spacial score (nSPS) is 17.3. The molecule has 3 nitrogen and oxygen atoms in total. The van der Waals surface area contributed by atoms with Crippen LogP contribution in [0.25, 0.3) is 0 Å². The van der Waals surface area contributed by atoms with E-state index in [0.29, 0.717) is 6.42 Å². The number of hydrogen-bond donors (Lipinski definition) is 0. The van der Waals surface area contributed by atoms with Gasteiger partial charge in [0, 0.05) is 13.1 Å². The minimum atomic E-state index is -4.90. The van der Waals surface area contributed by atoms with E-state index in [-0.39, 0.29) is 13.1 Å². The zero-order valence-corrected chi connectivity index (χ0v) is 8.30. The molecule has 0 spiro atoms. The number of nitrogens with zero attached hydrogens (tertiary/aromatic N) is 1. The summed E-state index contributed by atoms with van der Waals surface area (Å²) in [4.78, 5) is 12.0. The van der Waals surface area contributed by atoms with Gasteiger partial charge in [-0.1, -0.05) is 18.6 Å². The molecule has 0 aromatic rings. The maximum Gasteiger partial charge on any atom is 0.576 e. The van der Waals surface area contributed by atoms with E-state index in [4.69, 9.17) is 0 Å². The lowest BCUT2D eigenvalue weighted by molar-refractivity contribution is -0.294. The lowest BCUT2D eigenvalue weighted by Crippen LogP contribution is -2.38. The van der Waals surface area contributed by atoms with Crippen LogP contribution >= 0.6 is 0 Å². The average Bonchev–Trinajstić information content (AvgIpc) is 2.15. The van der Waals surface area contributed by atoms with Crippen LogP contribution in [-0.2, 0) is 4.74 Å². The third-order valence-electron chi connectivity index (χ3n) is 2.22. The molecule has 0 radical (unpaired) electrons. The van der Waals surface area contributed by atoms with E-state index in [1.54, 1.807) is 6.08 Å². The molecule has 0 N–H and O–H groups in total. The van der Waals surface area contributed by atoms with E-state index in [2.05, 4.69) is 4.74 Å². The monoisotopic (exact) mass is 223 g/mol. The highest BCUT2D eigenvalue weighted by molar-refractivity contribution is 5.68. The van der Waals surface area contributed by atoms with Crippen LogP contribution in [0.4, 0.5) is 18.0 Å². The van der Waals surface area contributed by atoms with Gasteiger partial charge in [0.1, 0.15) is 0 Å². The number of alkyl halides is 3. The first-order valence-electron chi connectivity index (χ1n) is 4.65. The predicted molar refractivity (Wildman–Crippen MR) is 47.1 cm³/mol. The molecule has 0 bridgehead atoms. The fourth-order valence-electron chi connectivity index (χ4n) is 1.36. The molecule has 0 aromatic carbocycles. The molecule has 0 fully saturated rings. The minimum Gasteiger partial charge on any atom is -0.356 e. The zero-order valence-electron chi connectivity index (χ0n) is 8.30. The van der Waals surface area contributed by atoms with Crippen LogP contribution < -0.4 is 0 Å². The Morgan fingerprint density at radius 1 is 1.60 bits per heavy atom. The Labute approximate surface area is 85.5 Å². The van der Waals surface area contributed by atoms with Crippen molar-refractivity contribution in [2.45, 2.75) is 26.1 Å². The van der Waals surface area contributed by atoms with E-state index >= 15 is 0 Å². The van der Waals surface area contributed by atoms with E-state index in [1.807, 2.05) is 6.92 Å². The van der Waals surface area contributed by atoms with Crippen molar-refractivity contribution in [1.82, 2.24) is 4.90 Å². The van der Waals surface area contributed by atoms with Crippen LogP contribution in [0.15, 0.2) is 11.6 Å². The lowest BCUT2D eigenvalue weighted by Gasteiger charge is -2.25. The maximum absolute atomic E-state index is 11.7. The molecule has 0 saturated heterocycles. The molecule has 0 aliphatic carbocycles. The molecule has 0 unspecified atom stereocenters. The molecule has 1 rings (SSSR count). The van der Waals surface area contributed by atoms with Crippen molar-refractivity contribution in [3.63, 3.8) is 0 Å². The topological polar surface area (TPSA) is 29.5 Å². The zero-order chi connectivity index (χ0) is 11.5.